The number of aryl methyl sites for hydroxylation is 2. The van der Waals surface area contributed by atoms with E-state index < -0.39 is 17.7 Å². The topological polar surface area (TPSA) is 167 Å². The Labute approximate surface area is 326 Å². The maximum absolute atomic E-state index is 13.4. The van der Waals surface area contributed by atoms with Crippen molar-refractivity contribution in [3.05, 3.63) is 107 Å². The van der Waals surface area contributed by atoms with Crippen molar-refractivity contribution < 1.29 is 56.1 Å². The van der Waals surface area contributed by atoms with Crippen LogP contribution in [-0.4, -0.2) is 63.3 Å². The van der Waals surface area contributed by atoms with Crippen LogP contribution in [-0.2, 0) is 31.9 Å². The summed E-state index contributed by atoms with van der Waals surface area (Å²) >= 11 is 0. The number of methoxy groups -OCH3 is 2. The number of carbonyl (C=O) groups is 4. The molecule has 6 rings (SSSR count). The highest BCUT2D eigenvalue weighted by Gasteiger charge is 2.25. The van der Waals surface area contributed by atoms with E-state index >= 15 is 0 Å². The molecule has 0 unspecified atom stereocenters. The van der Waals surface area contributed by atoms with Crippen molar-refractivity contribution in [1.82, 2.24) is 10.6 Å². The van der Waals surface area contributed by atoms with E-state index in [0.717, 1.165) is 5.56 Å². The van der Waals surface area contributed by atoms with E-state index in [0.29, 0.717) is 62.1 Å². The zero-order chi connectivity index (χ0) is 41.4. The first kappa shape index (κ1) is 41.5. The Morgan fingerprint density at radius 2 is 1.09 bits per heavy atom. The number of hydrogen-bond donors (Lipinski definition) is 3. The van der Waals surface area contributed by atoms with Gasteiger partial charge in [0, 0.05) is 48.8 Å². The predicted octanol–water partition coefficient (Wildman–Crippen LogP) is 7.90. The van der Waals surface area contributed by atoms with Gasteiger partial charge >= 0.3 is 11.9 Å². The van der Waals surface area contributed by atoms with E-state index in [1.54, 1.807) is 30.3 Å². The van der Waals surface area contributed by atoms with E-state index in [2.05, 4.69) is 15.4 Å². The van der Waals surface area contributed by atoms with Gasteiger partial charge in [-0.1, -0.05) is 0 Å². The Morgan fingerprint density at radius 3 is 1.51 bits per heavy atom. The van der Waals surface area contributed by atoms with Crippen LogP contribution in [0.3, 0.4) is 0 Å². The molecule has 0 aliphatic heterocycles. The highest BCUT2D eigenvalue weighted by atomic mass is 19.1. The molecule has 6 aromatic rings. The number of rotatable bonds is 12. The minimum atomic E-state index is -0.404. The molecule has 2 aromatic heterocycles. The first-order valence-corrected chi connectivity index (χ1v) is 17.9. The van der Waals surface area contributed by atoms with Crippen LogP contribution in [0.25, 0.3) is 44.6 Å². The first-order valence-electron chi connectivity index (χ1n) is 17.9. The number of fused-ring (bicyclic) bond motifs is 2. The summed E-state index contributed by atoms with van der Waals surface area (Å²) in [7, 11) is 5.66. The van der Waals surface area contributed by atoms with Gasteiger partial charge in [-0.2, -0.15) is 0 Å². The fourth-order valence-corrected chi connectivity index (χ4v) is 6.09. The SMILES string of the molecule is CNC(=O)c1c(-c2ccc(F)cc2)oc2cc(CCC(=O)OC)c(O)cc12.CNC(=O)c1c(-c2ccc(F)cc2)oc2cc(CCC(=O)OC)c(OC(C)C)cc12. The number of nitrogens with one attached hydrogen (secondary N) is 2. The minimum absolute atomic E-state index is 0.0528. The van der Waals surface area contributed by atoms with Gasteiger partial charge in [0.1, 0.15) is 45.8 Å². The Bertz CT molecular complexity index is 2420. The Hall–Kier alpha value is -6.70. The summed E-state index contributed by atoms with van der Waals surface area (Å²) in [5.74, 6) is -1.11. The van der Waals surface area contributed by atoms with Crippen LogP contribution in [0.4, 0.5) is 8.78 Å². The normalized spacial score (nSPS) is 10.9. The van der Waals surface area contributed by atoms with Crippen LogP contribution in [0.15, 0.2) is 81.6 Å². The van der Waals surface area contributed by atoms with Crippen molar-refractivity contribution in [2.75, 3.05) is 28.3 Å². The molecule has 14 heteroatoms. The monoisotopic (exact) mass is 784 g/mol. The van der Waals surface area contributed by atoms with E-state index in [4.69, 9.17) is 18.3 Å². The molecule has 298 valence electrons. The quantitative estimate of drug-likeness (QED) is 0.104. The summed E-state index contributed by atoms with van der Waals surface area (Å²) in [6.45, 7) is 3.79. The largest absolute Gasteiger partial charge is 0.508 e. The van der Waals surface area contributed by atoms with Crippen LogP contribution in [0.2, 0.25) is 0 Å². The molecule has 0 aliphatic carbocycles. The predicted molar refractivity (Wildman–Crippen MR) is 208 cm³/mol. The number of ether oxygens (including phenoxy) is 3. The summed E-state index contributed by atoms with van der Waals surface area (Å²) in [4.78, 5) is 48.0. The molecule has 0 bridgehead atoms. The van der Waals surface area contributed by atoms with Crippen LogP contribution in [0.5, 0.6) is 11.5 Å². The molecule has 0 saturated heterocycles. The van der Waals surface area contributed by atoms with E-state index in [1.807, 2.05) is 13.8 Å². The summed E-state index contributed by atoms with van der Waals surface area (Å²) in [5, 5.41) is 16.5. The zero-order valence-electron chi connectivity index (χ0n) is 32.2. The second-order valence-corrected chi connectivity index (χ2v) is 13.0. The maximum atomic E-state index is 13.4. The lowest BCUT2D eigenvalue weighted by Crippen LogP contribution is -2.18. The van der Waals surface area contributed by atoms with Gasteiger partial charge in [0.2, 0.25) is 0 Å². The Morgan fingerprint density at radius 1 is 0.667 bits per heavy atom. The second-order valence-electron chi connectivity index (χ2n) is 13.0. The molecular weight excluding hydrogens is 742 g/mol. The minimum Gasteiger partial charge on any atom is -0.508 e. The van der Waals surface area contributed by atoms with E-state index in [-0.39, 0.29) is 60.1 Å². The van der Waals surface area contributed by atoms with Crippen LogP contribution < -0.4 is 15.4 Å². The molecule has 0 radical (unpaired) electrons. The number of esters is 2. The van der Waals surface area contributed by atoms with Crippen LogP contribution in [0, 0.1) is 11.6 Å². The molecule has 2 heterocycles. The van der Waals surface area contributed by atoms with Gasteiger partial charge in [-0.05, 0) is 111 Å². The standard InChI is InChI=1S/C23H24FNO5.C20H18FNO5/c1-13(2)29-18-12-17-19(11-15(18)7-10-20(26)28-4)30-22(21(17)23(27)25-3)14-5-8-16(24)9-6-14;1-22-20(25)18-14-10-15(23)12(5-8-17(24)26-2)9-16(14)27-19(18)11-3-6-13(21)7-4-11/h5-6,8-9,11-13H,7,10H2,1-4H3,(H,25,27);3-4,6-7,9-10,23H,5,8H2,1-2H3,(H,22,25). The van der Waals surface area contributed by atoms with Gasteiger partial charge in [0.25, 0.3) is 11.8 Å². The van der Waals surface area contributed by atoms with Crippen molar-refractivity contribution >= 4 is 45.7 Å². The number of carbonyl (C=O) groups excluding carboxylic acids is 4. The number of furan rings is 2. The van der Waals surface area contributed by atoms with Crippen LogP contribution in [0.1, 0.15) is 58.5 Å². The van der Waals surface area contributed by atoms with Crippen molar-refractivity contribution in [3.63, 3.8) is 0 Å². The molecule has 3 N–H and O–H groups in total. The first-order chi connectivity index (χ1) is 27.3. The molecule has 0 saturated carbocycles. The molecular formula is C43H42F2N2O10. The molecule has 0 aliphatic rings. The maximum Gasteiger partial charge on any atom is 0.305 e. The molecule has 4 aromatic carbocycles. The molecule has 2 amide bonds. The van der Waals surface area contributed by atoms with Gasteiger partial charge < -0.3 is 38.8 Å². The lowest BCUT2D eigenvalue weighted by molar-refractivity contribution is -0.141. The Balaban J connectivity index is 0.000000219. The van der Waals surface area contributed by atoms with E-state index in [1.165, 1.54) is 70.8 Å². The number of hydrogen-bond acceptors (Lipinski definition) is 10. The summed E-state index contributed by atoms with van der Waals surface area (Å²) in [6, 6.07) is 17.9. The lowest BCUT2D eigenvalue weighted by atomic mass is 10.0. The molecule has 0 spiro atoms. The average molecular weight is 785 g/mol. The van der Waals surface area contributed by atoms with Gasteiger partial charge in [-0.3, -0.25) is 19.2 Å². The van der Waals surface area contributed by atoms with Gasteiger partial charge in [-0.15, -0.1) is 0 Å². The molecule has 0 atom stereocenters. The second kappa shape index (κ2) is 18.3. The smallest absolute Gasteiger partial charge is 0.305 e. The lowest BCUT2D eigenvalue weighted by Gasteiger charge is -2.14. The van der Waals surface area contributed by atoms with Gasteiger partial charge in [0.15, 0.2) is 0 Å². The van der Waals surface area contributed by atoms with Crippen molar-refractivity contribution in [2.45, 2.75) is 45.6 Å². The van der Waals surface area contributed by atoms with Gasteiger partial charge in [-0.25, -0.2) is 8.78 Å². The third-order valence-corrected chi connectivity index (χ3v) is 8.90. The summed E-state index contributed by atoms with van der Waals surface area (Å²) in [5.41, 5.74) is 3.81. The number of amides is 2. The number of phenolic OH excluding ortho intramolecular Hbond substituents is 1. The Kier molecular flexibility index (Phi) is 13.3. The fourth-order valence-electron chi connectivity index (χ4n) is 6.09. The molecule has 12 nitrogen and oxygen atoms in total. The summed E-state index contributed by atoms with van der Waals surface area (Å²) in [6.07, 6.45) is 0.836. The zero-order valence-corrected chi connectivity index (χ0v) is 32.2. The van der Waals surface area contributed by atoms with Gasteiger partial charge in [0.05, 0.1) is 31.5 Å². The summed E-state index contributed by atoms with van der Waals surface area (Å²) < 4.78 is 53.8. The number of aromatic hydroxyl groups is 1. The highest BCUT2D eigenvalue weighted by molar-refractivity contribution is 6.12. The third kappa shape index (κ3) is 9.58. The molecule has 57 heavy (non-hydrogen) atoms. The highest BCUT2D eigenvalue weighted by Crippen LogP contribution is 2.39. The van der Waals surface area contributed by atoms with Crippen molar-refractivity contribution in [2.24, 2.45) is 0 Å². The number of phenols is 1. The van der Waals surface area contributed by atoms with E-state index in [9.17, 15) is 33.1 Å². The fraction of sp³-hybridized carbons (Fsp3) is 0.256. The van der Waals surface area contributed by atoms with Crippen LogP contribution >= 0.6 is 0 Å². The molecule has 0 fully saturated rings. The number of halogens is 2. The van der Waals surface area contributed by atoms with Crippen molar-refractivity contribution in [1.29, 1.82) is 0 Å². The van der Waals surface area contributed by atoms with Crippen molar-refractivity contribution in [3.8, 4) is 34.1 Å². The number of benzene rings is 4. The third-order valence-electron chi connectivity index (χ3n) is 8.90. The average Bonchev–Trinajstić information content (AvgIpc) is 3.76.